The van der Waals surface area contributed by atoms with Crippen molar-refractivity contribution < 1.29 is 24.1 Å². The van der Waals surface area contributed by atoms with Crippen molar-refractivity contribution in [1.82, 2.24) is 0 Å². The van der Waals surface area contributed by atoms with E-state index in [4.69, 9.17) is 19.3 Å². The van der Waals surface area contributed by atoms with Crippen LogP contribution in [0.25, 0.3) is 0 Å². The van der Waals surface area contributed by atoms with Gasteiger partial charge in [0.15, 0.2) is 0 Å². The second kappa shape index (κ2) is 9.92. The molecule has 1 aromatic rings. The summed E-state index contributed by atoms with van der Waals surface area (Å²) in [5.41, 5.74) is 0.568. The lowest BCUT2D eigenvalue weighted by molar-refractivity contribution is -0.136. The number of aliphatic carboxylic acids is 1. The number of benzene rings is 1. The summed E-state index contributed by atoms with van der Waals surface area (Å²) in [6, 6.07) is 3.50. The number of carboxylic acids is 1. The summed E-state index contributed by atoms with van der Waals surface area (Å²) in [6.45, 7) is 7.68. The SMILES string of the molecule is CCCOc1cc(OCCC)c(CC(=O)O)c(OCCC)c1. The second-order valence-electron chi connectivity index (χ2n) is 5.01. The Morgan fingerprint density at radius 3 is 1.77 bits per heavy atom. The molecule has 0 atom stereocenters. The van der Waals surface area contributed by atoms with E-state index in [9.17, 15) is 4.79 Å². The molecule has 0 amide bonds. The molecule has 0 spiro atoms. The summed E-state index contributed by atoms with van der Waals surface area (Å²) >= 11 is 0. The molecular formula is C17H26O5. The van der Waals surface area contributed by atoms with E-state index in [0.717, 1.165) is 19.3 Å². The van der Waals surface area contributed by atoms with Crippen LogP contribution >= 0.6 is 0 Å². The molecule has 5 heteroatoms. The van der Waals surface area contributed by atoms with E-state index in [1.807, 2.05) is 20.8 Å². The first-order valence-electron chi connectivity index (χ1n) is 7.89. The molecule has 124 valence electrons. The Kier molecular flexibility index (Phi) is 8.18. The van der Waals surface area contributed by atoms with Gasteiger partial charge in [-0.2, -0.15) is 0 Å². The topological polar surface area (TPSA) is 65.0 Å². The maximum atomic E-state index is 11.1. The fraction of sp³-hybridized carbons (Fsp3) is 0.588. The van der Waals surface area contributed by atoms with Crippen molar-refractivity contribution >= 4 is 5.97 Å². The van der Waals surface area contributed by atoms with Gasteiger partial charge in [-0.15, -0.1) is 0 Å². The summed E-state index contributed by atoms with van der Waals surface area (Å²) in [4.78, 5) is 11.1. The van der Waals surface area contributed by atoms with Gasteiger partial charge in [0.1, 0.15) is 17.2 Å². The zero-order valence-electron chi connectivity index (χ0n) is 13.7. The third kappa shape index (κ3) is 5.84. The van der Waals surface area contributed by atoms with Crippen molar-refractivity contribution in [2.45, 2.75) is 46.5 Å². The Morgan fingerprint density at radius 1 is 0.909 bits per heavy atom. The third-order valence-electron chi connectivity index (χ3n) is 2.87. The Balaban J connectivity index is 3.16. The summed E-state index contributed by atoms with van der Waals surface area (Å²) < 4.78 is 17.1. The van der Waals surface area contributed by atoms with E-state index in [2.05, 4.69) is 0 Å². The Morgan fingerprint density at radius 2 is 1.36 bits per heavy atom. The molecule has 0 bridgehead atoms. The van der Waals surface area contributed by atoms with Crippen LogP contribution < -0.4 is 14.2 Å². The van der Waals surface area contributed by atoms with E-state index in [0.29, 0.717) is 42.6 Å². The summed E-state index contributed by atoms with van der Waals surface area (Å²) in [6.07, 6.45) is 2.45. The van der Waals surface area contributed by atoms with Crippen molar-refractivity contribution in [3.63, 3.8) is 0 Å². The Bertz CT molecular complexity index is 441. The van der Waals surface area contributed by atoms with E-state index < -0.39 is 5.97 Å². The zero-order valence-corrected chi connectivity index (χ0v) is 13.7. The van der Waals surface area contributed by atoms with Crippen LogP contribution in [0.1, 0.15) is 45.6 Å². The summed E-state index contributed by atoms with van der Waals surface area (Å²) in [5, 5.41) is 9.14. The van der Waals surface area contributed by atoms with Crippen molar-refractivity contribution in [2.75, 3.05) is 19.8 Å². The summed E-state index contributed by atoms with van der Waals surface area (Å²) in [5.74, 6) is 0.797. The molecule has 1 rings (SSSR count). The normalized spacial score (nSPS) is 10.3. The van der Waals surface area contributed by atoms with Gasteiger partial charge in [0, 0.05) is 17.7 Å². The van der Waals surface area contributed by atoms with Crippen molar-refractivity contribution in [2.24, 2.45) is 0 Å². The average molecular weight is 310 g/mol. The van der Waals surface area contributed by atoms with Gasteiger partial charge in [-0.25, -0.2) is 0 Å². The molecule has 0 unspecified atom stereocenters. The van der Waals surface area contributed by atoms with Gasteiger partial charge in [0.2, 0.25) is 0 Å². The Hall–Kier alpha value is -1.91. The van der Waals surface area contributed by atoms with Crippen molar-refractivity contribution in [3.05, 3.63) is 17.7 Å². The molecule has 5 nitrogen and oxygen atoms in total. The minimum atomic E-state index is -0.912. The highest BCUT2D eigenvalue weighted by atomic mass is 16.5. The molecule has 0 saturated heterocycles. The van der Waals surface area contributed by atoms with E-state index in [1.165, 1.54) is 0 Å². The quantitative estimate of drug-likeness (QED) is 0.675. The number of carboxylic acid groups (broad SMARTS) is 1. The van der Waals surface area contributed by atoms with Crippen molar-refractivity contribution in [1.29, 1.82) is 0 Å². The average Bonchev–Trinajstić information content (AvgIpc) is 2.50. The first kappa shape index (κ1) is 18.1. The van der Waals surface area contributed by atoms with E-state index in [-0.39, 0.29) is 6.42 Å². The number of hydrogen-bond acceptors (Lipinski definition) is 4. The maximum Gasteiger partial charge on any atom is 0.308 e. The fourth-order valence-electron chi connectivity index (χ4n) is 1.91. The van der Waals surface area contributed by atoms with Crippen LogP contribution in [-0.4, -0.2) is 30.9 Å². The number of hydrogen-bond donors (Lipinski definition) is 1. The van der Waals surface area contributed by atoms with Crippen molar-refractivity contribution in [3.8, 4) is 17.2 Å². The lowest BCUT2D eigenvalue weighted by Gasteiger charge is -2.17. The minimum Gasteiger partial charge on any atom is -0.493 e. The number of ether oxygens (including phenoxy) is 3. The van der Waals surface area contributed by atoms with Crippen LogP contribution in [0.3, 0.4) is 0 Å². The van der Waals surface area contributed by atoms with Crippen LogP contribution in [0.5, 0.6) is 17.2 Å². The van der Waals surface area contributed by atoms with E-state index >= 15 is 0 Å². The predicted molar refractivity (Wildman–Crippen MR) is 85.1 cm³/mol. The molecule has 0 aliphatic rings. The summed E-state index contributed by atoms with van der Waals surface area (Å²) in [7, 11) is 0. The monoisotopic (exact) mass is 310 g/mol. The van der Waals surface area contributed by atoms with Gasteiger partial charge in [-0.1, -0.05) is 20.8 Å². The van der Waals surface area contributed by atoms with Gasteiger partial charge in [-0.3, -0.25) is 4.79 Å². The van der Waals surface area contributed by atoms with Gasteiger partial charge in [-0.05, 0) is 19.3 Å². The van der Waals surface area contributed by atoms with Crippen LogP contribution in [0.2, 0.25) is 0 Å². The molecule has 1 N–H and O–H groups in total. The molecular weight excluding hydrogens is 284 g/mol. The first-order valence-corrected chi connectivity index (χ1v) is 7.89. The highest BCUT2D eigenvalue weighted by Gasteiger charge is 2.17. The number of carbonyl (C=O) groups is 1. The zero-order chi connectivity index (χ0) is 16.4. The number of rotatable bonds is 11. The molecule has 0 aliphatic carbocycles. The molecule has 0 aliphatic heterocycles. The lowest BCUT2D eigenvalue weighted by Crippen LogP contribution is -2.09. The van der Waals surface area contributed by atoms with Crippen LogP contribution in [0.4, 0.5) is 0 Å². The second-order valence-corrected chi connectivity index (χ2v) is 5.01. The third-order valence-corrected chi connectivity index (χ3v) is 2.87. The largest absolute Gasteiger partial charge is 0.493 e. The van der Waals surface area contributed by atoms with Crippen LogP contribution in [-0.2, 0) is 11.2 Å². The predicted octanol–water partition coefficient (Wildman–Crippen LogP) is 3.68. The van der Waals surface area contributed by atoms with Gasteiger partial charge < -0.3 is 19.3 Å². The van der Waals surface area contributed by atoms with Gasteiger partial charge in [0.25, 0.3) is 0 Å². The molecule has 0 heterocycles. The highest BCUT2D eigenvalue weighted by Crippen LogP contribution is 2.35. The molecule has 0 radical (unpaired) electrons. The molecule has 1 aromatic carbocycles. The molecule has 22 heavy (non-hydrogen) atoms. The van der Waals surface area contributed by atoms with E-state index in [1.54, 1.807) is 12.1 Å². The maximum absolute atomic E-state index is 11.1. The van der Waals surface area contributed by atoms with Crippen LogP contribution in [0.15, 0.2) is 12.1 Å². The minimum absolute atomic E-state index is 0.133. The molecule has 0 aromatic heterocycles. The smallest absolute Gasteiger partial charge is 0.308 e. The first-order chi connectivity index (χ1) is 10.6. The highest BCUT2D eigenvalue weighted by molar-refractivity contribution is 5.73. The van der Waals surface area contributed by atoms with Gasteiger partial charge in [0.05, 0.1) is 26.2 Å². The Labute approximate surface area is 132 Å². The van der Waals surface area contributed by atoms with Gasteiger partial charge >= 0.3 is 5.97 Å². The van der Waals surface area contributed by atoms with Crippen LogP contribution in [0, 0.1) is 0 Å². The molecule has 0 fully saturated rings. The fourth-order valence-corrected chi connectivity index (χ4v) is 1.91. The lowest BCUT2D eigenvalue weighted by atomic mass is 10.1. The molecule has 0 saturated carbocycles. The standard InChI is InChI=1S/C17H26O5/c1-4-7-20-13-10-15(21-8-5-2)14(12-17(18)19)16(11-13)22-9-6-3/h10-11H,4-9,12H2,1-3H3,(H,18,19).